The van der Waals surface area contributed by atoms with E-state index in [4.69, 9.17) is 0 Å². The van der Waals surface area contributed by atoms with E-state index in [1.165, 1.54) is 0 Å². The Bertz CT molecular complexity index is 7.61. The van der Waals surface area contributed by atoms with Crippen molar-refractivity contribution in [2.24, 2.45) is 0 Å². The van der Waals surface area contributed by atoms with E-state index in [0.717, 1.165) is 0 Å². The molecule has 0 N–H and O–H groups in total. The summed E-state index contributed by atoms with van der Waals surface area (Å²) < 4.78 is 0. The van der Waals surface area contributed by atoms with Gasteiger partial charge in [-0.15, -0.1) is 0 Å². The number of halogens is 2. The van der Waals surface area contributed by atoms with E-state index in [0.29, 0.717) is 0 Å². The molecule has 0 atom stereocenters. The molecule has 0 rings (SSSR count). The second kappa shape index (κ2) is 44.9. The van der Waals surface area contributed by atoms with Gasteiger partial charge in [-0.25, -0.2) is 0 Å². The molecular formula is C2H6Br2Pt. The molecule has 0 saturated carbocycles. The molecule has 0 aliphatic heterocycles. The quantitative estimate of drug-likeness (QED) is 0.367. The first-order valence-electron chi connectivity index (χ1n) is 0. The summed E-state index contributed by atoms with van der Waals surface area (Å²) in [4.78, 5) is 0. The summed E-state index contributed by atoms with van der Waals surface area (Å²) in [5, 5.41) is 0. The molecule has 0 aromatic rings. The first-order chi connectivity index (χ1) is 0. The summed E-state index contributed by atoms with van der Waals surface area (Å²) in [6.45, 7) is 0. The predicted octanol–water partition coefficient (Wildman–Crippen LogP) is -5.09. The van der Waals surface area contributed by atoms with Crippen LogP contribution < -0.4 is 34.0 Å². The molecule has 3 heteroatoms. The van der Waals surface area contributed by atoms with E-state index in [-0.39, 0.29) is 69.9 Å². The minimum atomic E-state index is 0. The van der Waals surface area contributed by atoms with Crippen molar-refractivity contribution in [1.29, 1.82) is 0 Å². The van der Waals surface area contributed by atoms with Crippen LogP contribution in [0.3, 0.4) is 0 Å². The van der Waals surface area contributed by atoms with Gasteiger partial charge in [-0.2, -0.15) is 0 Å². The Kier molecular flexibility index (Phi) is 701. The molecule has 0 aromatic heterocycles. The molecule has 5 heavy (non-hydrogen) atoms. The second-order valence-electron chi connectivity index (χ2n) is 0. The van der Waals surface area contributed by atoms with Crippen LogP contribution in [0, 0.1) is 14.9 Å². The van der Waals surface area contributed by atoms with E-state index in [2.05, 4.69) is 0 Å². The summed E-state index contributed by atoms with van der Waals surface area (Å²) in [6.07, 6.45) is 0. The largest absolute Gasteiger partial charge is 4.00 e. The van der Waals surface area contributed by atoms with Crippen molar-refractivity contribution in [3.8, 4) is 0 Å². The molecule has 0 fully saturated rings. The van der Waals surface area contributed by atoms with Crippen molar-refractivity contribution in [3.63, 3.8) is 0 Å². The normalized spacial score (nSPS) is 0. The van der Waals surface area contributed by atoms with Crippen LogP contribution >= 0.6 is 0 Å². The smallest absolute Gasteiger partial charge is 1.00 e. The Balaban J connectivity index is 0. The predicted molar refractivity (Wildman–Crippen MR) is 12.8 cm³/mol. The molecule has 0 bridgehead atoms. The number of rotatable bonds is 0. The molecule has 0 saturated heterocycles. The van der Waals surface area contributed by atoms with Gasteiger partial charge in [-0.05, 0) is 0 Å². The molecule has 0 nitrogen and oxygen atoms in total. The van der Waals surface area contributed by atoms with Gasteiger partial charge in [0.15, 0.2) is 0 Å². The summed E-state index contributed by atoms with van der Waals surface area (Å²) in [5.74, 6) is 0. The Morgan fingerprint density at radius 1 is 0.600 bits per heavy atom. The standard InChI is InChI=1S/2CH3.2BrH.Pt/h2*1H3;2*1H;/q2*-1;;;+4/p-2. The van der Waals surface area contributed by atoms with Gasteiger partial charge in [0.2, 0.25) is 0 Å². The van der Waals surface area contributed by atoms with Crippen LogP contribution in [0.4, 0.5) is 0 Å². The average Bonchev–Trinajstić information content (AvgIpc) is 0. The van der Waals surface area contributed by atoms with Gasteiger partial charge in [-0.3, -0.25) is 0 Å². The minimum absolute atomic E-state index is 0. The fraction of sp³-hybridized carbons (Fsp3) is 0. The third-order valence-corrected chi connectivity index (χ3v) is 0. The van der Waals surface area contributed by atoms with Crippen LogP contribution in [0.25, 0.3) is 0 Å². The third-order valence-electron chi connectivity index (χ3n) is 0. The Labute approximate surface area is 69.5 Å². The maximum Gasteiger partial charge on any atom is 4.00 e. The zero-order chi connectivity index (χ0) is 0. The zero-order valence-corrected chi connectivity index (χ0v) is 8.52. The van der Waals surface area contributed by atoms with Gasteiger partial charge in [0.1, 0.15) is 0 Å². The molecule has 38 valence electrons. The molecular weight excluding hydrogens is 379 g/mol. The van der Waals surface area contributed by atoms with Crippen LogP contribution in [0.2, 0.25) is 0 Å². The molecule has 0 aliphatic rings. The Hall–Kier alpha value is 1.65. The van der Waals surface area contributed by atoms with Gasteiger partial charge in [-0.1, -0.05) is 0 Å². The van der Waals surface area contributed by atoms with Crippen molar-refractivity contribution < 1.29 is 55.0 Å². The van der Waals surface area contributed by atoms with Crippen molar-refractivity contribution in [2.75, 3.05) is 0 Å². The van der Waals surface area contributed by atoms with Crippen molar-refractivity contribution in [2.45, 2.75) is 0 Å². The maximum atomic E-state index is 0. The molecule has 0 amide bonds. The summed E-state index contributed by atoms with van der Waals surface area (Å²) in [7, 11) is 0. The number of hydrogen-bond acceptors (Lipinski definition) is 0. The molecule has 0 heterocycles. The third kappa shape index (κ3) is 27.7. The topological polar surface area (TPSA) is 0 Å². The van der Waals surface area contributed by atoms with Gasteiger partial charge < -0.3 is 48.8 Å². The van der Waals surface area contributed by atoms with Crippen molar-refractivity contribution >= 4 is 0 Å². The second-order valence-corrected chi connectivity index (χ2v) is 0. The molecule has 0 radical (unpaired) electrons. The fourth-order valence-electron chi connectivity index (χ4n) is 0. The summed E-state index contributed by atoms with van der Waals surface area (Å²) >= 11 is 0. The van der Waals surface area contributed by atoms with Gasteiger partial charge in [0, 0.05) is 0 Å². The number of hydrogen-bond donors (Lipinski definition) is 0. The van der Waals surface area contributed by atoms with E-state index in [1.807, 2.05) is 0 Å². The van der Waals surface area contributed by atoms with Crippen LogP contribution in [-0.2, 0) is 21.1 Å². The zero-order valence-electron chi connectivity index (χ0n) is 3.07. The van der Waals surface area contributed by atoms with Crippen molar-refractivity contribution in [1.82, 2.24) is 0 Å². The average molecular weight is 385 g/mol. The van der Waals surface area contributed by atoms with Crippen LogP contribution in [0.15, 0.2) is 0 Å². The van der Waals surface area contributed by atoms with Gasteiger partial charge >= 0.3 is 21.1 Å². The van der Waals surface area contributed by atoms with Crippen LogP contribution in [0.1, 0.15) is 0 Å². The first-order valence-corrected chi connectivity index (χ1v) is 0. The maximum absolute atomic E-state index is 0. The first kappa shape index (κ1) is 78.1. The van der Waals surface area contributed by atoms with E-state index in [1.54, 1.807) is 0 Å². The minimum Gasteiger partial charge on any atom is -1.00 e. The van der Waals surface area contributed by atoms with Crippen LogP contribution in [-0.4, -0.2) is 0 Å². The fourth-order valence-corrected chi connectivity index (χ4v) is 0. The van der Waals surface area contributed by atoms with E-state index in [9.17, 15) is 0 Å². The Morgan fingerprint density at radius 2 is 0.600 bits per heavy atom. The SMILES string of the molecule is [Br-].[Br-].[CH3-].[CH3-].[Pt+4]. The van der Waals surface area contributed by atoms with Crippen molar-refractivity contribution in [3.05, 3.63) is 14.9 Å². The van der Waals surface area contributed by atoms with Gasteiger partial charge in [0.25, 0.3) is 0 Å². The van der Waals surface area contributed by atoms with E-state index >= 15 is 0 Å². The van der Waals surface area contributed by atoms with Crippen LogP contribution in [0.5, 0.6) is 0 Å². The summed E-state index contributed by atoms with van der Waals surface area (Å²) in [5.41, 5.74) is 0. The summed E-state index contributed by atoms with van der Waals surface area (Å²) in [6, 6.07) is 0. The van der Waals surface area contributed by atoms with E-state index < -0.39 is 0 Å². The van der Waals surface area contributed by atoms with Gasteiger partial charge in [0.05, 0.1) is 0 Å². The monoisotopic (exact) mass is 383 g/mol. The Morgan fingerprint density at radius 3 is 0.600 bits per heavy atom. The molecule has 0 aliphatic carbocycles. The molecule has 0 spiro atoms. The molecule has 0 aromatic carbocycles. The molecule has 0 unspecified atom stereocenters.